The molecule has 3 aromatic rings. The van der Waals surface area contributed by atoms with E-state index < -0.39 is 22.0 Å². The van der Waals surface area contributed by atoms with Crippen LogP contribution in [0.2, 0.25) is 0 Å². The van der Waals surface area contributed by atoms with E-state index in [1.807, 2.05) is 30.3 Å². The molecule has 0 radical (unpaired) electrons. The maximum Gasteiger partial charge on any atom is 0.257 e. The third-order valence-electron chi connectivity index (χ3n) is 3.69. The highest BCUT2D eigenvalue weighted by atomic mass is 32.2. The summed E-state index contributed by atoms with van der Waals surface area (Å²) in [6.07, 6.45) is 1.58. The number of rotatable bonds is 6. The van der Waals surface area contributed by atoms with Crippen molar-refractivity contribution in [3.63, 3.8) is 0 Å². The Kier molecular flexibility index (Phi) is 5.46. The van der Waals surface area contributed by atoms with Crippen LogP contribution in [0.4, 0.5) is 5.13 Å². The molecule has 6 nitrogen and oxygen atoms in total. The Morgan fingerprint density at radius 2 is 1.88 bits per heavy atom. The Morgan fingerprint density at radius 3 is 2.58 bits per heavy atom. The van der Waals surface area contributed by atoms with Gasteiger partial charge >= 0.3 is 0 Å². The van der Waals surface area contributed by atoms with Gasteiger partial charge in [-0.2, -0.15) is 0 Å². The van der Waals surface area contributed by atoms with Crippen LogP contribution in [-0.4, -0.2) is 19.3 Å². The molecule has 0 bridgehead atoms. The fourth-order valence-corrected chi connectivity index (χ4v) is 4.17. The van der Waals surface area contributed by atoms with Gasteiger partial charge in [0.2, 0.25) is 10.0 Å². The SMILES string of the molecule is C[C@H](NS(=O)(=O)c1cccc(C(=O)Nc2nccs2)c1)c1ccccc1. The highest BCUT2D eigenvalue weighted by molar-refractivity contribution is 7.89. The normalized spacial score (nSPS) is 12.5. The standard InChI is InChI=1S/C18H17N3O3S2/c1-13(14-6-3-2-4-7-14)21-26(23,24)16-9-5-8-15(12-16)17(22)20-18-19-10-11-25-18/h2-13,21H,1H3,(H,19,20,22)/t13-/m0/s1. The van der Waals surface area contributed by atoms with Crippen LogP contribution in [0.3, 0.4) is 0 Å². The molecule has 1 atom stereocenters. The Bertz CT molecular complexity index is 988. The van der Waals surface area contributed by atoms with Gasteiger partial charge in [-0.1, -0.05) is 36.4 Å². The lowest BCUT2D eigenvalue weighted by Gasteiger charge is -2.15. The molecule has 0 fully saturated rings. The predicted octanol–water partition coefficient (Wildman–Crippen LogP) is 3.43. The number of aromatic nitrogens is 1. The molecule has 0 unspecified atom stereocenters. The molecule has 8 heteroatoms. The zero-order valence-electron chi connectivity index (χ0n) is 13.9. The summed E-state index contributed by atoms with van der Waals surface area (Å²) in [5.74, 6) is -0.409. The molecule has 134 valence electrons. The average Bonchev–Trinajstić information content (AvgIpc) is 3.15. The molecule has 0 saturated heterocycles. The van der Waals surface area contributed by atoms with E-state index >= 15 is 0 Å². The lowest BCUT2D eigenvalue weighted by Crippen LogP contribution is -2.27. The predicted molar refractivity (Wildman–Crippen MR) is 102 cm³/mol. The summed E-state index contributed by atoms with van der Waals surface area (Å²) in [6.45, 7) is 1.77. The molecule has 1 amide bonds. The lowest BCUT2D eigenvalue weighted by atomic mass is 10.1. The van der Waals surface area contributed by atoms with Crippen molar-refractivity contribution in [2.24, 2.45) is 0 Å². The Hall–Kier alpha value is -2.55. The second-order valence-corrected chi connectivity index (χ2v) is 8.18. The monoisotopic (exact) mass is 387 g/mol. The third kappa shape index (κ3) is 4.34. The smallest absolute Gasteiger partial charge is 0.257 e. The van der Waals surface area contributed by atoms with Crippen LogP contribution in [0.1, 0.15) is 28.9 Å². The number of carbonyl (C=O) groups is 1. The number of benzene rings is 2. The van der Waals surface area contributed by atoms with Crippen molar-refractivity contribution in [3.8, 4) is 0 Å². The molecule has 1 aromatic heterocycles. The fraction of sp³-hybridized carbons (Fsp3) is 0.111. The first-order valence-electron chi connectivity index (χ1n) is 7.84. The van der Waals surface area contributed by atoms with Crippen molar-refractivity contribution in [2.75, 3.05) is 5.32 Å². The number of anilines is 1. The second kappa shape index (κ2) is 7.77. The molecule has 2 aromatic carbocycles. The fourth-order valence-electron chi connectivity index (χ4n) is 2.37. The number of nitrogens with one attached hydrogen (secondary N) is 2. The first-order valence-corrected chi connectivity index (χ1v) is 10.2. The number of sulfonamides is 1. The van der Waals surface area contributed by atoms with E-state index in [9.17, 15) is 13.2 Å². The maximum atomic E-state index is 12.7. The number of hydrogen-bond acceptors (Lipinski definition) is 5. The molecule has 1 heterocycles. The first kappa shape index (κ1) is 18.2. The van der Waals surface area contributed by atoms with Crippen molar-refractivity contribution in [1.29, 1.82) is 0 Å². The quantitative estimate of drug-likeness (QED) is 0.678. The van der Waals surface area contributed by atoms with Gasteiger partial charge in [-0.05, 0) is 30.7 Å². The summed E-state index contributed by atoms with van der Waals surface area (Å²) >= 11 is 1.29. The lowest BCUT2D eigenvalue weighted by molar-refractivity contribution is 0.102. The number of nitrogens with zero attached hydrogens (tertiary/aromatic N) is 1. The van der Waals surface area contributed by atoms with Crippen LogP contribution in [-0.2, 0) is 10.0 Å². The van der Waals surface area contributed by atoms with E-state index in [1.54, 1.807) is 30.6 Å². The molecule has 0 spiro atoms. The minimum absolute atomic E-state index is 0.0343. The van der Waals surface area contributed by atoms with Crippen molar-refractivity contribution < 1.29 is 13.2 Å². The van der Waals surface area contributed by atoms with Gasteiger partial charge < -0.3 is 0 Å². The highest BCUT2D eigenvalue weighted by Crippen LogP contribution is 2.19. The summed E-state index contributed by atoms with van der Waals surface area (Å²) < 4.78 is 27.9. The highest BCUT2D eigenvalue weighted by Gasteiger charge is 2.20. The summed E-state index contributed by atoms with van der Waals surface area (Å²) in [5.41, 5.74) is 1.10. The minimum atomic E-state index is -3.77. The first-order chi connectivity index (χ1) is 12.5. The second-order valence-electron chi connectivity index (χ2n) is 5.57. The molecule has 0 aliphatic rings. The van der Waals surface area contributed by atoms with E-state index in [4.69, 9.17) is 0 Å². The Balaban J connectivity index is 1.79. The van der Waals surface area contributed by atoms with E-state index in [1.165, 1.54) is 23.5 Å². The van der Waals surface area contributed by atoms with Gasteiger partial charge in [-0.15, -0.1) is 11.3 Å². The van der Waals surface area contributed by atoms with Gasteiger partial charge in [0.15, 0.2) is 5.13 Å². The Labute approximate surface area is 156 Å². The van der Waals surface area contributed by atoms with Crippen molar-refractivity contribution in [1.82, 2.24) is 9.71 Å². The summed E-state index contributed by atoms with van der Waals surface area (Å²) in [7, 11) is -3.77. The number of carbonyl (C=O) groups excluding carboxylic acids is 1. The summed E-state index contributed by atoms with van der Waals surface area (Å²) in [5, 5.41) is 4.84. The van der Waals surface area contributed by atoms with Crippen LogP contribution in [0, 0.1) is 0 Å². The van der Waals surface area contributed by atoms with Gasteiger partial charge in [-0.3, -0.25) is 10.1 Å². The molecular formula is C18H17N3O3S2. The van der Waals surface area contributed by atoms with E-state index in [0.29, 0.717) is 5.13 Å². The number of hydrogen-bond donors (Lipinski definition) is 2. The molecule has 2 N–H and O–H groups in total. The van der Waals surface area contributed by atoms with Gasteiger partial charge in [0.1, 0.15) is 0 Å². The third-order valence-corrected chi connectivity index (χ3v) is 5.92. The Morgan fingerprint density at radius 1 is 1.12 bits per heavy atom. The van der Waals surface area contributed by atoms with E-state index in [0.717, 1.165) is 5.56 Å². The number of amides is 1. The molecule has 0 aliphatic carbocycles. The van der Waals surface area contributed by atoms with E-state index in [2.05, 4.69) is 15.0 Å². The average molecular weight is 387 g/mol. The van der Waals surface area contributed by atoms with Crippen molar-refractivity contribution >= 4 is 32.4 Å². The van der Waals surface area contributed by atoms with Crippen LogP contribution >= 0.6 is 11.3 Å². The van der Waals surface area contributed by atoms with Gasteiger partial charge in [0, 0.05) is 23.2 Å². The summed E-state index contributed by atoms with van der Waals surface area (Å²) in [4.78, 5) is 16.3. The van der Waals surface area contributed by atoms with Gasteiger partial charge in [0.05, 0.1) is 4.90 Å². The molecular weight excluding hydrogens is 370 g/mol. The molecule has 0 saturated carbocycles. The van der Waals surface area contributed by atoms with Crippen molar-refractivity contribution in [2.45, 2.75) is 17.9 Å². The molecule has 0 aliphatic heterocycles. The zero-order valence-corrected chi connectivity index (χ0v) is 15.5. The van der Waals surface area contributed by atoms with Crippen LogP contribution in [0.15, 0.2) is 71.1 Å². The minimum Gasteiger partial charge on any atom is -0.298 e. The molecule has 26 heavy (non-hydrogen) atoms. The van der Waals surface area contributed by atoms with Crippen LogP contribution in [0.5, 0.6) is 0 Å². The number of thiazole rings is 1. The van der Waals surface area contributed by atoms with Crippen LogP contribution < -0.4 is 10.0 Å². The largest absolute Gasteiger partial charge is 0.298 e. The summed E-state index contributed by atoms with van der Waals surface area (Å²) in [6, 6.07) is 14.8. The van der Waals surface area contributed by atoms with Crippen molar-refractivity contribution in [3.05, 3.63) is 77.3 Å². The van der Waals surface area contributed by atoms with Crippen LogP contribution in [0.25, 0.3) is 0 Å². The topological polar surface area (TPSA) is 88.2 Å². The molecule has 3 rings (SSSR count). The van der Waals surface area contributed by atoms with Gasteiger partial charge in [0.25, 0.3) is 5.91 Å². The van der Waals surface area contributed by atoms with Gasteiger partial charge in [-0.25, -0.2) is 18.1 Å². The zero-order chi connectivity index (χ0) is 18.6. The maximum absolute atomic E-state index is 12.7. The van der Waals surface area contributed by atoms with E-state index in [-0.39, 0.29) is 10.5 Å².